The molecule has 0 saturated carbocycles. The summed E-state index contributed by atoms with van der Waals surface area (Å²) in [5, 5.41) is 47.3. The molecule has 2 aliphatic rings. The normalized spacial score (nSPS) is 23.8. The van der Waals surface area contributed by atoms with E-state index < -0.39 is 110 Å². The highest BCUT2D eigenvalue weighted by Gasteiger charge is 2.47. The number of benzene rings is 2. The highest BCUT2D eigenvalue weighted by molar-refractivity contribution is 5.92. The van der Waals surface area contributed by atoms with Gasteiger partial charge in [0.15, 0.2) is 6.29 Å². The van der Waals surface area contributed by atoms with Crippen molar-refractivity contribution < 1.29 is 68.1 Å². The van der Waals surface area contributed by atoms with Gasteiger partial charge in [0.2, 0.25) is 23.6 Å². The van der Waals surface area contributed by atoms with Crippen LogP contribution < -0.4 is 16.4 Å². The van der Waals surface area contributed by atoms with Crippen LogP contribution in [0.2, 0.25) is 0 Å². The lowest BCUT2D eigenvalue weighted by molar-refractivity contribution is -0.314. The predicted molar refractivity (Wildman–Crippen MR) is 272 cm³/mol. The predicted octanol–water partition coefficient (Wildman–Crippen LogP) is 2.99. The van der Waals surface area contributed by atoms with Gasteiger partial charge in [0.1, 0.15) is 49.2 Å². The van der Waals surface area contributed by atoms with Crippen LogP contribution in [-0.4, -0.2) is 179 Å². The second-order valence-corrected chi connectivity index (χ2v) is 20.4. The second kappa shape index (κ2) is 28.1. The molecule has 73 heavy (non-hydrogen) atoms. The highest BCUT2D eigenvalue weighted by Crippen LogP contribution is 2.32. The maximum absolute atomic E-state index is 14.6. The molecule has 2 aromatic rings. The van der Waals surface area contributed by atoms with Crippen LogP contribution in [0.3, 0.4) is 0 Å². The first kappa shape index (κ1) is 60.6. The van der Waals surface area contributed by atoms with Crippen molar-refractivity contribution in [2.75, 3.05) is 47.2 Å². The lowest BCUT2D eigenvalue weighted by Gasteiger charge is -2.42. The molecule has 410 valence electrons. The summed E-state index contributed by atoms with van der Waals surface area (Å²) < 4.78 is 29.5. The van der Waals surface area contributed by atoms with E-state index in [-0.39, 0.29) is 42.6 Å². The molecule has 20 heteroatoms. The number of hydrogen-bond acceptors (Lipinski definition) is 15. The zero-order chi connectivity index (χ0) is 54.4. The third-order valence-corrected chi connectivity index (χ3v) is 14.5. The lowest BCUT2D eigenvalue weighted by Crippen LogP contribution is -2.60. The number of hydrogen-bond donors (Lipinski definition) is 7. The Labute approximate surface area is 431 Å². The Morgan fingerprint density at radius 2 is 1.48 bits per heavy atom. The van der Waals surface area contributed by atoms with E-state index >= 15 is 0 Å². The highest BCUT2D eigenvalue weighted by atomic mass is 16.7. The third kappa shape index (κ3) is 15.3. The number of aliphatic hydroxyl groups excluding tert-OH is 4. The summed E-state index contributed by atoms with van der Waals surface area (Å²) in [6.07, 6.45) is -8.98. The van der Waals surface area contributed by atoms with Gasteiger partial charge in [-0.25, -0.2) is 4.79 Å². The maximum Gasteiger partial charge on any atom is 0.410 e. The van der Waals surface area contributed by atoms with E-state index in [9.17, 15) is 44.4 Å². The number of nitrogens with one attached hydrogen (secondary N) is 2. The molecule has 0 aromatic heterocycles. The van der Waals surface area contributed by atoms with Crippen LogP contribution in [0.1, 0.15) is 98.3 Å². The van der Waals surface area contributed by atoms with E-state index in [0.29, 0.717) is 37.1 Å². The first-order valence-corrected chi connectivity index (χ1v) is 25.5. The first-order chi connectivity index (χ1) is 34.5. The Bertz CT molecular complexity index is 2070. The lowest BCUT2D eigenvalue weighted by atomic mass is 9.89. The van der Waals surface area contributed by atoms with Crippen LogP contribution in [0.5, 0.6) is 0 Å². The fourth-order valence-electron chi connectivity index (χ4n) is 10.1. The second-order valence-electron chi connectivity index (χ2n) is 20.4. The van der Waals surface area contributed by atoms with E-state index in [0.717, 1.165) is 5.56 Å². The van der Waals surface area contributed by atoms with Crippen molar-refractivity contribution in [1.82, 2.24) is 25.3 Å². The smallest absolute Gasteiger partial charge is 0.410 e. The molecule has 2 aromatic carbocycles. The first-order valence-electron chi connectivity index (χ1n) is 25.5. The molecule has 5 amide bonds. The summed E-state index contributed by atoms with van der Waals surface area (Å²) in [5.74, 6) is -3.23. The molecule has 0 spiro atoms. The topological polar surface area (TPSA) is 272 Å². The van der Waals surface area contributed by atoms with Gasteiger partial charge >= 0.3 is 6.09 Å². The number of rotatable bonds is 25. The van der Waals surface area contributed by atoms with Gasteiger partial charge in [0.05, 0.1) is 49.3 Å². The van der Waals surface area contributed by atoms with E-state index in [2.05, 4.69) is 10.6 Å². The van der Waals surface area contributed by atoms with Crippen molar-refractivity contribution in [2.45, 2.75) is 167 Å². The van der Waals surface area contributed by atoms with Crippen LogP contribution in [0, 0.1) is 23.7 Å². The minimum atomic E-state index is -1.67. The van der Waals surface area contributed by atoms with Crippen molar-refractivity contribution in [3.05, 3.63) is 65.7 Å². The number of nitrogens with zero attached hydrogens (tertiary/aromatic N) is 3. The number of nitrogen functional groups attached to an aromatic ring is 1. The number of carbonyl (C=O) groups excluding carboxylic acids is 5. The quantitative estimate of drug-likeness (QED) is 0.0705. The van der Waals surface area contributed by atoms with Gasteiger partial charge in [0, 0.05) is 40.5 Å². The van der Waals surface area contributed by atoms with E-state index in [1.165, 1.54) is 26.2 Å². The van der Waals surface area contributed by atoms with E-state index in [1.54, 1.807) is 99.1 Å². The van der Waals surface area contributed by atoms with E-state index in [1.807, 2.05) is 27.7 Å². The SMILES string of the molecule is CCC(C)C(C(CC(=O)N1CCCC1C(OC)C(C)C(=O)NC(C)C(O[C@@H]1OC(CO)C(O)C(O)C1O)c1ccccc1)OC)N(C)C(=O)C(NC(=O)C(C(C)C)N(C)C(=O)OCc1ccc(N)cc1)C(C)C. The molecule has 4 rings (SSSR count). The third-order valence-electron chi connectivity index (χ3n) is 14.5. The van der Waals surface area contributed by atoms with Gasteiger partial charge in [-0.05, 0) is 60.8 Å². The molecule has 14 unspecified atom stereocenters. The zero-order valence-electron chi connectivity index (χ0n) is 44.8. The Morgan fingerprint density at radius 3 is 2.04 bits per heavy atom. The molecule has 20 nitrogen and oxygen atoms in total. The number of methoxy groups -OCH3 is 2. The Hall–Kier alpha value is -4.93. The Balaban J connectivity index is 1.48. The van der Waals surface area contributed by atoms with Crippen molar-refractivity contribution in [3.8, 4) is 0 Å². The number of likely N-dealkylation sites (N-methyl/N-ethyl adjacent to an activating group) is 2. The minimum Gasteiger partial charge on any atom is -0.445 e. The van der Waals surface area contributed by atoms with Crippen molar-refractivity contribution in [3.63, 3.8) is 0 Å². The van der Waals surface area contributed by atoms with Gasteiger partial charge in [0.25, 0.3) is 0 Å². The fourth-order valence-corrected chi connectivity index (χ4v) is 10.1. The van der Waals surface area contributed by atoms with Gasteiger partial charge < -0.3 is 70.3 Å². The van der Waals surface area contributed by atoms with Gasteiger partial charge in [-0.3, -0.25) is 24.1 Å². The molecule has 2 fully saturated rings. The number of nitrogens with two attached hydrogens (primary N) is 1. The monoisotopic (exact) mass is 1030 g/mol. The van der Waals surface area contributed by atoms with Gasteiger partial charge in [-0.1, -0.05) is 97.4 Å². The Kier molecular flexibility index (Phi) is 23.3. The number of aliphatic hydroxyl groups is 4. The summed E-state index contributed by atoms with van der Waals surface area (Å²) in [5.41, 5.74) is 7.70. The van der Waals surface area contributed by atoms with Crippen LogP contribution in [-0.2, 0) is 49.5 Å². The average molecular weight is 1030 g/mol. The molecule has 0 radical (unpaired) electrons. The average Bonchev–Trinajstić information content (AvgIpc) is 3.86. The fraction of sp³-hybridized carbons (Fsp3) is 0.679. The molecule has 2 saturated heterocycles. The molecule has 15 atom stereocenters. The molecule has 2 aliphatic heterocycles. The number of anilines is 1. The molecule has 0 bridgehead atoms. The van der Waals surface area contributed by atoms with E-state index in [4.69, 9.17) is 29.4 Å². The largest absolute Gasteiger partial charge is 0.445 e. The summed E-state index contributed by atoms with van der Waals surface area (Å²) in [6, 6.07) is 12.0. The molecule has 8 N–H and O–H groups in total. The van der Waals surface area contributed by atoms with Crippen LogP contribution in [0.4, 0.5) is 10.5 Å². The molecule has 2 heterocycles. The minimum absolute atomic E-state index is 0.0252. The van der Waals surface area contributed by atoms with Crippen LogP contribution in [0.15, 0.2) is 54.6 Å². The summed E-state index contributed by atoms with van der Waals surface area (Å²) >= 11 is 0. The number of amides is 5. The number of likely N-dealkylation sites (tertiary alicyclic amines) is 1. The van der Waals surface area contributed by atoms with Crippen LogP contribution >= 0.6 is 0 Å². The molecule has 0 aliphatic carbocycles. The van der Waals surface area contributed by atoms with Crippen molar-refractivity contribution in [2.24, 2.45) is 23.7 Å². The summed E-state index contributed by atoms with van der Waals surface area (Å²) in [7, 11) is 6.13. The molecular weight excluding hydrogens is 945 g/mol. The van der Waals surface area contributed by atoms with Crippen LogP contribution in [0.25, 0.3) is 0 Å². The summed E-state index contributed by atoms with van der Waals surface area (Å²) in [6.45, 7) is 14.4. The maximum atomic E-state index is 14.6. The standard InChI is InChI=1S/C53H84N6O14/c1-13-31(6)43(57(9)51(67)41(29(2)3)56-50(66)42(30(4)5)58(10)53(68)71-28-34-21-23-36(54)24-22-34)38(69-11)26-40(61)59-25-17-20-37(59)47(70-12)32(7)49(65)55-33(8)48(35-18-15-14-16-19-35)73-52-46(64)45(63)44(62)39(27-60)72-52/h14-16,18-19,21-24,29-33,37-39,41-48,52,60,62-64H,13,17,20,25-28,54H2,1-12H3,(H,55,65)(H,56,66)/t31?,32?,33?,37?,38?,39?,41?,42?,43?,44?,45?,46?,47?,48?,52-/m0/s1. The summed E-state index contributed by atoms with van der Waals surface area (Å²) in [4.78, 5) is 75.2. The van der Waals surface area contributed by atoms with Crippen molar-refractivity contribution >= 4 is 35.4 Å². The van der Waals surface area contributed by atoms with Crippen molar-refractivity contribution in [1.29, 1.82) is 0 Å². The van der Waals surface area contributed by atoms with Gasteiger partial charge in [-0.2, -0.15) is 0 Å². The van der Waals surface area contributed by atoms with Gasteiger partial charge in [-0.15, -0.1) is 0 Å². The number of carbonyl (C=O) groups is 5. The zero-order valence-corrected chi connectivity index (χ0v) is 44.8. The number of ether oxygens (including phenoxy) is 5. The molecular formula is C53H84N6O14. The Morgan fingerprint density at radius 1 is 0.836 bits per heavy atom.